The molecule has 2 aliphatic rings. The molecule has 4 rings (SSSR count). The van der Waals surface area contributed by atoms with E-state index in [1.807, 2.05) is 0 Å². The molecule has 0 amide bonds. The Bertz CT molecular complexity index is 1310. The zero-order valence-electron chi connectivity index (χ0n) is 21.7. The quantitative estimate of drug-likeness (QED) is 0.0931. The van der Waals surface area contributed by atoms with Crippen molar-refractivity contribution in [2.24, 2.45) is 9.98 Å². The number of rotatable bonds is 11. The van der Waals surface area contributed by atoms with Crippen molar-refractivity contribution in [3.63, 3.8) is 0 Å². The van der Waals surface area contributed by atoms with Gasteiger partial charge in [0, 0.05) is 12.2 Å². The Hall–Kier alpha value is -2.33. The number of aliphatic hydroxyl groups is 3. The number of halogens is 1. The van der Waals surface area contributed by atoms with Gasteiger partial charge >= 0.3 is 7.60 Å². The molecule has 3 heterocycles. The van der Waals surface area contributed by atoms with Gasteiger partial charge < -0.3 is 39.9 Å². The molecule has 0 aromatic carbocycles. The van der Waals surface area contributed by atoms with Crippen LogP contribution in [0.25, 0.3) is 11.0 Å². The van der Waals surface area contributed by atoms with Crippen LogP contribution in [-0.4, -0.2) is 100 Å². The first-order valence-corrected chi connectivity index (χ1v) is 14.7. The van der Waals surface area contributed by atoms with Crippen LogP contribution in [0.3, 0.4) is 0 Å². The zero-order chi connectivity index (χ0) is 29.1. The summed E-state index contributed by atoms with van der Waals surface area (Å²) in [6.45, 7) is 3.30. The fourth-order valence-corrected chi connectivity index (χ4v) is 5.69. The molecule has 2 aromatic rings. The number of aromatic nitrogens is 4. The number of fused-ring (bicyclic) bond motifs is 1. The van der Waals surface area contributed by atoms with Crippen LogP contribution in [0.2, 0.25) is 5.28 Å². The predicted octanol–water partition coefficient (Wildman–Crippen LogP) is 1.36. The van der Waals surface area contributed by atoms with Gasteiger partial charge in [-0.05, 0) is 38.1 Å². The molecule has 0 spiro atoms. The van der Waals surface area contributed by atoms with Gasteiger partial charge in [0.05, 0.1) is 31.2 Å². The zero-order valence-corrected chi connectivity index (χ0v) is 23.4. The van der Waals surface area contributed by atoms with Crippen LogP contribution in [0.1, 0.15) is 45.3 Å². The summed E-state index contributed by atoms with van der Waals surface area (Å²) in [5.74, 6) is 0.393. The molecule has 1 aliphatic carbocycles. The second-order valence-electron chi connectivity index (χ2n) is 9.66. The van der Waals surface area contributed by atoms with Gasteiger partial charge in [0.2, 0.25) is 5.28 Å². The van der Waals surface area contributed by atoms with E-state index in [1.165, 1.54) is 17.1 Å². The van der Waals surface area contributed by atoms with Crippen LogP contribution >= 0.6 is 19.2 Å². The summed E-state index contributed by atoms with van der Waals surface area (Å²) in [5, 5.41) is 37.2. The highest BCUT2D eigenvalue weighted by atomic mass is 35.5. The molecular weight excluding hydrogens is 569 g/mol. The average molecular weight is 602 g/mol. The molecular formula is C23H33ClN7O8P. The van der Waals surface area contributed by atoms with Gasteiger partial charge in [-0.1, -0.05) is 18.9 Å². The van der Waals surface area contributed by atoms with Crippen molar-refractivity contribution >= 4 is 48.6 Å². The van der Waals surface area contributed by atoms with Crippen LogP contribution in [0.5, 0.6) is 0 Å². The van der Waals surface area contributed by atoms with Crippen molar-refractivity contribution in [2.45, 2.75) is 75.0 Å². The normalized spacial score (nSPS) is 26.1. The first-order chi connectivity index (χ1) is 19.0. The minimum atomic E-state index is -5.14. The summed E-state index contributed by atoms with van der Waals surface area (Å²) >= 11 is 6.18. The van der Waals surface area contributed by atoms with Crippen molar-refractivity contribution in [3.05, 3.63) is 23.8 Å². The Balaban J connectivity index is 1.56. The second-order valence-corrected chi connectivity index (χ2v) is 11.9. The van der Waals surface area contributed by atoms with Crippen LogP contribution < -0.4 is 5.32 Å². The molecule has 0 bridgehead atoms. The number of nitrogens with one attached hydrogen (secondary N) is 1. The minimum Gasteiger partial charge on any atom is -0.393 e. The Labute approximate surface area is 234 Å². The van der Waals surface area contributed by atoms with Crippen LogP contribution in [0.4, 0.5) is 5.82 Å². The van der Waals surface area contributed by atoms with E-state index in [2.05, 4.69) is 37.1 Å². The van der Waals surface area contributed by atoms with E-state index < -0.39 is 57.1 Å². The highest BCUT2D eigenvalue weighted by Gasteiger charge is 2.52. The number of hydrogen-bond acceptors (Lipinski definition) is 11. The number of allylic oxidation sites excluding steroid dienone is 1. The van der Waals surface area contributed by atoms with Gasteiger partial charge in [-0.15, -0.1) is 0 Å². The standard InChI is InChI=1S/C23H33ClN7O8P/c1-3-8-26-16(25-2)9-23(12-32,40(35,36)37)38-11-15-17(33)18(34)21(39-15)31-20-14(10-27-31)19(29-22(24)30-20)28-13-6-4-5-7-13/h3,8,10,13,15,17-18,21,32-34H,2,4-7,9,11-12H2,1H3,(H,28,29,30)(H2,35,36,37)/b8-3-,26-16-/t15-,17-,18-,21-,23?/m1/s1. The van der Waals surface area contributed by atoms with Gasteiger partial charge in [0.25, 0.3) is 0 Å². The number of nitrogens with zero attached hydrogens (tertiary/aromatic N) is 6. The fourth-order valence-electron chi connectivity index (χ4n) is 4.75. The van der Waals surface area contributed by atoms with Gasteiger partial charge in [-0.2, -0.15) is 15.1 Å². The Morgan fingerprint density at radius 2 is 2.08 bits per heavy atom. The van der Waals surface area contributed by atoms with Gasteiger partial charge in [-0.3, -0.25) is 4.57 Å². The summed E-state index contributed by atoms with van der Waals surface area (Å²) in [5.41, 5.74) is 0.250. The van der Waals surface area contributed by atoms with E-state index in [0.717, 1.165) is 25.7 Å². The van der Waals surface area contributed by atoms with Crippen LogP contribution in [-0.2, 0) is 14.0 Å². The summed E-state index contributed by atoms with van der Waals surface area (Å²) in [7, 11) is -5.14. The third-order valence-corrected chi connectivity index (χ3v) is 8.64. The van der Waals surface area contributed by atoms with E-state index in [1.54, 1.807) is 13.0 Å². The number of aliphatic imine (C=N–C) groups is 2. The molecule has 17 heteroatoms. The maximum Gasteiger partial charge on any atom is 0.359 e. The largest absolute Gasteiger partial charge is 0.393 e. The third-order valence-electron chi connectivity index (χ3n) is 6.98. The molecule has 1 aliphatic heterocycles. The van der Waals surface area contributed by atoms with E-state index in [9.17, 15) is 29.7 Å². The van der Waals surface area contributed by atoms with Crippen molar-refractivity contribution in [3.8, 4) is 0 Å². The summed E-state index contributed by atoms with van der Waals surface area (Å²) in [6, 6.07) is 0.231. The van der Waals surface area contributed by atoms with Crippen molar-refractivity contribution in [1.82, 2.24) is 19.7 Å². The van der Waals surface area contributed by atoms with Crippen molar-refractivity contribution < 1.29 is 39.1 Å². The molecule has 2 aromatic heterocycles. The molecule has 1 saturated carbocycles. The lowest BCUT2D eigenvalue weighted by Crippen LogP contribution is -2.43. The SMILES string of the molecule is C=N/C(CC(CO)(OC[C@H]1O[C@@H](n2ncc3c(NC4CCCC4)nc(Cl)nc32)[C@H](O)[C@@H]1O)P(=O)(O)O)=N\C=C/C. The molecule has 15 nitrogen and oxygen atoms in total. The van der Waals surface area contributed by atoms with Crippen LogP contribution in [0.15, 0.2) is 28.5 Å². The fraction of sp³-hybridized carbons (Fsp3) is 0.609. The maximum absolute atomic E-state index is 12.4. The number of anilines is 1. The van der Waals surface area contributed by atoms with E-state index >= 15 is 0 Å². The van der Waals surface area contributed by atoms with Crippen LogP contribution in [0, 0.1) is 0 Å². The smallest absolute Gasteiger partial charge is 0.359 e. The summed E-state index contributed by atoms with van der Waals surface area (Å²) in [4.78, 5) is 36.2. The molecule has 1 saturated heterocycles. The minimum absolute atomic E-state index is 0.0525. The third kappa shape index (κ3) is 6.27. The second kappa shape index (κ2) is 12.7. The molecule has 5 atom stereocenters. The lowest BCUT2D eigenvalue weighted by atomic mass is 10.1. The maximum atomic E-state index is 12.4. The molecule has 1 unspecified atom stereocenters. The number of amidine groups is 1. The monoisotopic (exact) mass is 601 g/mol. The number of aliphatic hydroxyl groups excluding tert-OH is 3. The van der Waals surface area contributed by atoms with Crippen molar-refractivity contribution in [1.29, 1.82) is 0 Å². The van der Waals surface area contributed by atoms with E-state index in [-0.39, 0.29) is 22.8 Å². The van der Waals surface area contributed by atoms with Gasteiger partial charge in [0.15, 0.2) is 17.2 Å². The first kappa shape index (κ1) is 30.6. The van der Waals surface area contributed by atoms with E-state index in [4.69, 9.17) is 21.1 Å². The summed E-state index contributed by atoms with van der Waals surface area (Å²) < 4.78 is 25.0. The number of ether oxygens (including phenoxy) is 2. The molecule has 6 N–H and O–H groups in total. The Morgan fingerprint density at radius 3 is 2.70 bits per heavy atom. The Kier molecular flexibility index (Phi) is 9.70. The average Bonchev–Trinajstić information content (AvgIpc) is 3.64. The molecule has 0 radical (unpaired) electrons. The highest BCUT2D eigenvalue weighted by Crippen LogP contribution is 2.53. The first-order valence-electron chi connectivity index (χ1n) is 12.7. The van der Waals surface area contributed by atoms with E-state index in [0.29, 0.717) is 11.2 Å². The summed E-state index contributed by atoms with van der Waals surface area (Å²) in [6.07, 6.45) is 2.44. The lowest BCUT2D eigenvalue weighted by molar-refractivity contribution is -0.107. The van der Waals surface area contributed by atoms with Crippen molar-refractivity contribution in [2.75, 3.05) is 18.5 Å². The topological polar surface area (TPSA) is 217 Å². The highest BCUT2D eigenvalue weighted by molar-refractivity contribution is 7.53. The lowest BCUT2D eigenvalue weighted by Gasteiger charge is -2.33. The number of hydrogen-bond donors (Lipinski definition) is 6. The Morgan fingerprint density at radius 1 is 1.35 bits per heavy atom. The molecule has 220 valence electrons. The molecule has 40 heavy (non-hydrogen) atoms. The predicted molar refractivity (Wildman–Crippen MR) is 146 cm³/mol. The van der Waals surface area contributed by atoms with Gasteiger partial charge in [-0.25, -0.2) is 14.7 Å². The molecule has 2 fully saturated rings. The van der Waals surface area contributed by atoms with Gasteiger partial charge in [0.1, 0.15) is 30.0 Å².